The molecule has 4 N–H and O–H groups in total. The van der Waals surface area contributed by atoms with Gasteiger partial charge in [0, 0.05) is 11.5 Å². The minimum atomic E-state index is -0.928. The molecule has 0 radical (unpaired) electrons. The number of hydrogen-bond donors (Lipinski definition) is 3. The van der Waals surface area contributed by atoms with Crippen molar-refractivity contribution in [2.45, 2.75) is 33.4 Å². The van der Waals surface area contributed by atoms with Crippen LogP contribution in [0.1, 0.15) is 38.2 Å². The molecule has 0 saturated carbocycles. The molecule has 1 atom stereocenters. The predicted molar refractivity (Wildman–Crippen MR) is 103 cm³/mol. The van der Waals surface area contributed by atoms with Gasteiger partial charge in [0.15, 0.2) is 0 Å². The second kappa shape index (κ2) is 6.44. The standard InChI is InChI=1S/C16H19ClN6O2.ClH/c1-15(2,3)16(4)22-13(24)12-8(17)5-9(14(25)23(12)16)21-11-6-10(18)19-7-20-11;/h5-7H,1-4H3,(H,22,24)(H3,18,19,20,21);1H. The van der Waals surface area contributed by atoms with E-state index in [4.69, 9.17) is 17.3 Å². The smallest absolute Gasteiger partial charge is 0.276 e. The van der Waals surface area contributed by atoms with Crippen LogP contribution >= 0.6 is 24.0 Å². The topological polar surface area (TPSA) is 115 Å². The number of carbonyl (C=O) groups excluding carboxylic acids is 1. The number of fused-ring (bicyclic) bond motifs is 1. The first-order valence-electron chi connectivity index (χ1n) is 7.68. The molecule has 1 unspecified atom stereocenters. The lowest BCUT2D eigenvalue weighted by Gasteiger charge is -2.40. The summed E-state index contributed by atoms with van der Waals surface area (Å²) >= 11 is 6.30. The minimum Gasteiger partial charge on any atom is -0.384 e. The molecule has 10 heteroatoms. The van der Waals surface area contributed by atoms with E-state index in [1.54, 1.807) is 6.92 Å². The molecule has 26 heavy (non-hydrogen) atoms. The van der Waals surface area contributed by atoms with E-state index in [0.29, 0.717) is 5.82 Å². The van der Waals surface area contributed by atoms with E-state index in [-0.39, 0.29) is 46.1 Å². The van der Waals surface area contributed by atoms with Gasteiger partial charge in [-0.2, -0.15) is 0 Å². The number of amides is 1. The summed E-state index contributed by atoms with van der Waals surface area (Å²) in [6.07, 6.45) is 1.29. The number of nitrogens with one attached hydrogen (secondary N) is 2. The van der Waals surface area contributed by atoms with Crippen LogP contribution in [-0.4, -0.2) is 20.4 Å². The minimum absolute atomic E-state index is 0. The summed E-state index contributed by atoms with van der Waals surface area (Å²) < 4.78 is 1.41. The van der Waals surface area contributed by atoms with Gasteiger partial charge in [0.05, 0.1) is 5.02 Å². The summed E-state index contributed by atoms with van der Waals surface area (Å²) in [7, 11) is 0. The van der Waals surface area contributed by atoms with E-state index in [2.05, 4.69) is 20.6 Å². The lowest BCUT2D eigenvalue weighted by molar-refractivity contribution is 0.0721. The maximum atomic E-state index is 13.1. The first-order chi connectivity index (χ1) is 11.5. The fraction of sp³-hybridized carbons (Fsp3) is 0.375. The van der Waals surface area contributed by atoms with Gasteiger partial charge in [-0.25, -0.2) is 9.97 Å². The number of pyridine rings is 1. The summed E-state index contributed by atoms with van der Waals surface area (Å²) in [5, 5.41) is 5.96. The van der Waals surface area contributed by atoms with Gasteiger partial charge in [-0.3, -0.25) is 14.2 Å². The monoisotopic (exact) mass is 398 g/mol. The highest BCUT2D eigenvalue weighted by atomic mass is 35.5. The molecular formula is C16H20Cl2N6O2. The van der Waals surface area contributed by atoms with Gasteiger partial charge in [-0.15, -0.1) is 12.4 Å². The average molecular weight is 399 g/mol. The molecule has 3 rings (SSSR count). The average Bonchev–Trinajstić information content (AvgIpc) is 2.77. The molecule has 2 aromatic heterocycles. The van der Waals surface area contributed by atoms with Crippen molar-refractivity contribution in [2.24, 2.45) is 5.41 Å². The Kier molecular flexibility index (Phi) is 4.95. The Labute approximate surface area is 161 Å². The van der Waals surface area contributed by atoms with Crippen LogP contribution in [0.5, 0.6) is 0 Å². The maximum Gasteiger partial charge on any atom is 0.276 e. The highest BCUT2D eigenvalue weighted by molar-refractivity contribution is 6.34. The zero-order valence-corrected chi connectivity index (χ0v) is 16.3. The van der Waals surface area contributed by atoms with Crippen molar-refractivity contribution in [2.75, 3.05) is 11.1 Å². The second-order valence-corrected chi connectivity index (χ2v) is 7.53. The Bertz CT molecular complexity index is 937. The lowest BCUT2D eigenvalue weighted by Crippen LogP contribution is -2.54. The number of nitrogen functional groups attached to an aromatic ring is 1. The molecule has 1 aliphatic rings. The Balaban J connectivity index is 0.00000243. The summed E-state index contributed by atoms with van der Waals surface area (Å²) in [6.45, 7) is 7.61. The van der Waals surface area contributed by atoms with Crippen LogP contribution in [0.2, 0.25) is 5.02 Å². The number of aromatic nitrogens is 3. The molecule has 0 saturated heterocycles. The Morgan fingerprint density at radius 1 is 1.27 bits per heavy atom. The van der Waals surface area contributed by atoms with Crippen LogP contribution in [-0.2, 0) is 5.66 Å². The van der Waals surface area contributed by atoms with E-state index < -0.39 is 11.1 Å². The summed E-state index contributed by atoms with van der Waals surface area (Å²) in [6, 6.07) is 2.92. The van der Waals surface area contributed by atoms with Crippen molar-refractivity contribution in [3.05, 3.63) is 39.5 Å². The van der Waals surface area contributed by atoms with Crippen LogP contribution in [0, 0.1) is 5.41 Å². The summed E-state index contributed by atoms with van der Waals surface area (Å²) in [5.41, 5.74) is 4.24. The first-order valence-corrected chi connectivity index (χ1v) is 8.05. The highest BCUT2D eigenvalue weighted by Crippen LogP contribution is 2.40. The Hall–Kier alpha value is -2.32. The van der Waals surface area contributed by atoms with E-state index in [1.807, 2.05) is 20.8 Å². The normalized spacial score (nSPS) is 18.7. The Morgan fingerprint density at radius 3 is 2.50 bits per heavy atom. The Morgan fingerprint density at radius 2 is 1.92 bits per heavy atom. The van der Waals surface area contributed by atoms with Gasteiger partial charge in [0.2, 0.25) is 0 Å². The van der Waals surface area contributed by atoms with E-state index >= 15 is 0 Å². The number of hydrogen-bond acceptors (Lipinski definition) is 6. The third kappa shape index (κ3) is 2.99. The van der Waals surface area contributed by atoms with Crippen LogP contribution < -0.4 is 21.9 Å². The third-order valence-electron chi connectivity index (χ3n) is 4.58. The number of anilines is 3. The molecule has 0 fully saturated rings. The molecule has 0 spiro atoms. The van der Waals surface area contributed by atoms with Crippen molar-refractivity contribution in [3.8, 4) is 0 Å². The van der Waals surface area contributed by atoms with Crippen LogP contribution in [0.15, 0.2) is 23.3 Å². The third-order valence-corrected chi connectivity index (χ3v) is 4.87. The number of halogens is 2. The van der Waals surface area contributed by atoms with Crippen molar-refractivity contribution >= 4 is 47.2 Å². The van der Waals surface area contributed by atoms with Gasteiger partial charge in [0.25, 0.3) is 11.5 Å². The van der Waals surface area contributed by atoms with Crippen LogP contribution in [0.25, 0.3) is 0 Å². The van der Waals surface area contributed by atoms with Crippen molar-refractivity contribution < 1.29 is 4.79 Å². The molecule has 140 valence electrons. The van der Waals surface area contributed by atoms with Crippen molar-refractivity contribution in [1.29, 1.82) is 0 Å². The van der Waals surface area contributed by atoms with Crippen LogP contribution in [0.4, 0.5) is 17.3 Å². The molecule has 0 aromatic carbocycles. The van der Waals surface area contributed by atoms with Gasteiger partial charge in [-0.05, 0) is 13.0 Å². The largest absolute Gasteiger partial charge is 0.384 e. The predicted octanol–water partition coefficient (Wildman–Crippen LogP) is 2.50. The van der Waals surface area contributed by atoms with E-state index in [1.165, 1.54) is 23.0 Å². The van der Waals surface area contributed by atoms with Gasteiger partial charge in [-0.1, -0.05) is 32.4 Å². The van der Waals surface area contributed by atoms with Crippen LogP contribution in [0.3, 0.4) is 0 Å². The van der Waals surface area contributed by atoms with Gasteiger partial charge >= 0.3 is 0 Å². The zero-order valence-electron chi connectivity index (χ0n) is 14.8. The summed E-state index contributed by atoms with van der Waals surface area (Å²) in [4.78, 5) is 33.3. The fourth-order valence-corrected chi connectivity index (χ4v) is 3.03. The SMILES string of the molecule is CC(C)(C)C1(C)NC(=O)c2c(Cl)cc(Nc3cc(N)ncn3)c(=O)n21.Cl. The lowest BCUT2D eigenvalue weighted by atomic mass is 9.82. The second-order valence-electron chi connectivity index (χ2n) is 7.12. The molecule has 1 amide bonds. The fourth-order valence-electron chi connectivity index (χ4n) is 2.75. The van der Waals surface area contributed by atoms with E-state index in [9.17, 15) is 9.59 Å². The number of nitrogens with two attached hydrogens (primary N) is 1. The number of carbonyl (C=O) groups is 1. The van der Waals surface area contributed by atoms with Crippen molar-refractivity contribution in [3.63, 3.8) is 0 Å². The first kappa shape index (κ1) is 20.0. The quantitative estimate of drug-likeness (QED) is 0.715. The molecule has 0 bridgehead atoms. The molecule has 1 aliphatic heterocycles. The van der Waals surface area contributed by atoms with Gasteiger partial charge < -0.3 is 16.4 Å². The van der Waals surface area contributed by atoms with Crippen molar-refractivity contribution in [1.82, 2.24) is 19.9 Å². The molecular weight excluding hydrogens is 379 g/mol. The molecule has 0 aliphatic carbocycles. The molecule has 2 aromatic rings. The molecule has 3 heterocycles. The van der Waals surface area contributed by atoms with Gasteiger partial charge in [0.1, 0.15) is 35.0 Å². The number of nitrogens with zero attached hydrogens (tertiary/aromatic N) is 3. The molecule has 8 nitrogen and oxygen atoms in total. The highest BCUT2D eigenvalue weighted by Gasteiger charge is 2.49. The van der Waals surface area contributed by atoms with E-state index in [0.717, 1.165) is 0 Å². The summed E-state index contributed by atoms with van der Waals surface area (Å²) in [5.74, 6) is 0.245. The zero-order chi connectivity index (χ0) is 18.6. The number of rotatable bonds is 2. The maximum absolute atomic E-state index is 13.1.